The average molecular weight is 186 g/mol. The summed E-state index contributed by atoms with van der Waals surface area (Å²) in [6.07, 6.45) is 2.71. The Balaban J connectivity index is 3.42. The Morgan fingerprint density at radius 2 is 2.00 bits per heavy atom. The summed E-state index contributed by atoms with van der Waals surface area (Å²) in [5.74, 6) is 0.0179. The first-order valence-corrected chi connectivity index (χ1v) is 4.75. The van der Waals surface area contributed by atoms with Crippen LogP contribution in [0.25, 0.3) is 0 Å². The molecule has 0 saturated heterocycles. The monoisotopic (exact) mass is 186 g/mol. The van der Waals surface area contributed by atoms with E-state index in [0.29, 0.717) is 12.8 Å². The van der Waals surface area contributed by atoms with Crippen molar-refractivity contribution in [3.63, 3.8) is 0 Å². The minimum Gasteiger partial charge on any atom is -0.463 e. The zero-order chi connectivity index (χ0) is 10.3. The van der Waals surface area contributed by atoms with Gasteiger partial charge < -0.3 is 4.74 Å². The number of carbonyl (C=O) groups excluding carboxylic acids is 2. The molecule has 0 aromatic heterocycles. The van der Waals surface area contributed by atoms with Crippen LogP contribution in [0.1, 0.15) is 46.5 Å². The molecule has 13 heavy (non-hydrogen) atoms. The van der Waals surface area contributed by atoms with Gasteiger partial charge in [0.05, 0.1) is 6.10 Å². The first-order chi connectivity index (χ1) is 6.06. The van der Waals surface area contributed by atoms with Crippen LogP contribution in [0.15, 0.2) is 0 Å². The largest absolute Gasteiger partial charge is 0.463 e. The van der Waals surface area contributed by atoms with E-state index in [9.17, 15) is 9.59 Å². The molecule has 0 aromatic rings. The van der Waals surface area contributed by atoms with Crippen molar-refractivity contribution >= 4 is 11.8 Å². The molecule has 3 nitrogen and oxygen atoms in total. The summed E-state index contributed by atoms with van der Waals surface area (Å²) in [5, 5.41) is 0. The fourth-order valence-electron chi connectivity index (χ4n) is 1.11. The van der Waals surface area contributed by atoms with Crippen molar-refractivity contribution in [2.45, 2.75) is 52.6 Å². The fraction of sp³-hybridized carbons (Fsp3) is 0.800. The van der Waals surface area contributed by atoms with Crippen LogP contribution in [-0.4, -0.2) is 17.9 Å². The molecule has 0 rings (SSSR count). The highest BCUT2D eigenvalue weighted by molar-refractivity contribution is 5.77. The summed E-state index contributed by atoms with van der Waals surface area (Å²) in [6, 6.07) is 0. The molecule has 0 amide bonds. The van der Waals surface area contributed by atoms with Gasteiger partial charge in [0.25, 0.3) is 0 Å². The van der Waals surface area contributed by atoms with Gasteiger partial charge in [0.15, 0.2) is 0 Å². The normalized spacial score (nSPS) is 12.2. The standard InChI is InChI=1S/C10H18O3/c1-4-10(12)7-5-6-8(2)13-9(3)11/h8H,4-7H2,1-3H3. The van der Waals surface area contributed by atoms with Gasteiger partial charge in [-0.2, -0.15) is 0 Å². The van der Waals surface area contributed by atoms with E-state index < -0.39 is 0 Å². The van der Waals surface area contributed by atoms with Crippen LogP contribution in [0, 0.1) is 0 Å². The smallest absolute Gasteiger partial charge is 0.302 e. The molecule has 0 saturated carbocycles. The maximum absolute atomic E-state index is 10.9. The van der Waals surface area contributed by atoms with Crippen molar-refractivity contribution in [2.75, 3.05) is 0 Å². The topological polar surface area (TPSA) is 43.4 Å². The van der Waals surface area contributed by atoms with E-state index in [2.05, 4.69) is 0 Å². The second-order valence-electron chi connectivity index (χ2n) is 3.20. The lowest BCUT2D eigenvalue weighted by molar-refractivity contribution is -0.145. The third-order valence-electron chi connectivity index (χ3n) is 1.83. The number of esters is 1. The zero-order valence-corrected chi connectivity index (χ0v) is 8.63. The molecule has 1 atom stereocenters. The molecule has 0 heterocycles. The van der Waals surface area contributed by atoms with E-state index in [-0.39, 0.29) is 17.9 Å². The van der Waals surface area contributed by atoms with E-state index in [1.807, 2.05) is 13.8 Å². The van der Waals surface area contributed by atoms with Gasteiger partial charge in [0.1, 0.15) is 5.78 Å². The van der Waals surface area contributed by atoms with E-state index in [1.165, 1.54) is 6.92 Å². The SMILES string of the molecule is CCC(=O)CCCC(C)OC(C)=O. The molecule has 3 heteroatoms. The van der Waals surface area contributed by atoms with Crippen LogP contribution in [0.4, 0.5) is 0 Å². The van der Waals surface area contributed by atoms with Crippen LogP contribution < -0.4 is 0 Å². The molecule has 0 aliphatic heterocycles. The molecule has 0 aromatic carbocycles. The maximum Gasteiger partial charge on any atom is 0.302 e. The number of hydrogen-bond donors (Lipinski definition) is 0. The van der Waals surface area contributed by atoms with Crippen molar-refractivity contribution in [2.24, 2.45) is 0 Å². The molecular weight excluding hydrogens is 168 g/mol. The van der Waals surface area contributed by atoms with Crippen LogP contribution >= 0.6 is 0 Å². The first-order valence-electron chi connectivity index (χ1n) is 4.75. The van der Waals surface area contributed by atoms with Crippen molar-refractivity contribution in [1.82, 2.24) is 0 Å². The van der Waals surface area contributed by atoms with Gasteiger partial charge in [-0.3, -0.25) is 9.59 Å². The van der Waals surface area contributed by atoms with Crippen LogP contribution in [0.2, 0.25) is 0 Å². The Bertz CT molecular complexity index is 175. The number of ether oxygens (including phenoxy) is 1. The van der Waals surface area contributed by atoms with Crippen molar-refractivity contribution in [3.8, 4) is 0 Å². The summed E-state index contributed by atoms with van der Waals surface area (Å²) in [4.78, 5) is 21.4. The fourth-order valence-corrected chi connectivity index (χ4v) is 1.11. The van der Waals surface area contributed by atoms with E-state index in [1.54, 1.807) is 0 Å². The molecule has 76 valence electrons. The van der Waals surface area contributed by atoms with Crippen LogP contribution in [0.5, 0.6) is 0 Å². The number of carbonyl (C=O) groups is 2. The third-order valence-corrected chi connectivity index (χ3v) is 1.83. The van der Waals surface area contributed by atoms with E-state index >= 15 is 0 Å². The van der Waals surface area contributed by atoms with Crippen molar-refractivity contribution in [3.05, 3.63) is 0 Å². The van der Waals surface area contributed by atoms with Crippen molar-refractivity contribution in [1.29, 1.82) is 0 Å². The predicted octanol–water partition coefficient (Wildman–Crippen LogP) is 2.09. The molecule has 0 radical (unpaired) electrons. The van der Waals surface area contributed by atoms with Crippen LogP contribution in [0.3, 0.4) is 0 Å². The predicted molar refractivity (Wildman–Crippen MR) is 50.4 cm³/mol. The molecule has 0 aliphatic rings. The third kappa shape index (κ3) is 7.50. The molecule has 0 aliphatic carbocycles. The highest BCUT2D eigenvalue weighted by Gasteiger charge is 2.06. The highest BCUT2D eigenvalue weighted by Crippen LogP contribution is 2.05. The first kappa shape index (κ1) is 12.1. The number of ketones is 1. The Morgan fingerprint density at radius 1 is 1.38 bits per heavy atom. The lowest BCUT2D eigenvalue weighted by Gasteiger charge is -2.10. The Hall–Kier alpha value is -0.860. The van der Waals surface area contributed by atoms with E-state index in [0.717, 1.165) is 12.8 Å². The van der Waals surface area contributed by atoms with Gasteiger partial charge >= 0.3 is 5.97 Å². The molecule has 0 fully saturated rings. The number of Topliss-reactive ketones (excluding diaryl/α,β-unsaturated/α-hetero) is 1. The Labute approximate surface area is 79.5 Å². The van der Waals surface area contributed by atoms with Crippen LogP contribution in [-0.2, 0) is 14.3 Å². The van der Waals surface area contributed by atoms with E-state index in [4.69, 9.17) is 4.74 Å². The zero-order valence-electron chi connectivity index (χ0n) is 8.63. The second-order valence-corrected chi connectivity index (χ2v) is 3.20. The summed E-state index contributed by atoms with van der Waals surface area (Å²) >= 11 is 0. The number of hydrogen-bond acceptors (Lipinski definition) is 3. The van der Waals surface area contributed by atoms with Gasteiger partial charge in [-0.05, 0) is 19.8 Å². The van der Waals surface area contributed by atoms with Gasteiger partial charge in [0.2, 0.25) is 0 Å². The quantitative estimate of drug-likeness (QED) is 0.596. The number of rotatable bonds is 6. The Kier molecular flexibility index (Phi) is 6.20. The molecule has 0 N–H and O–H groups in total. The van der Waals surface area contributed by atoms with Crippen molar-refractivity contribution < 1.29 is 14.3 Å². The lowest BCUT2D eigenvalue weighted by atomic mass is 10.1. The second kappa shape index (κ2) is 6.63. The summed E-state index contributed by atoms with van der Waals surface area (Å²) in [6.45, 7) is 5.10. The molecule has 0 spiro atoms. The highest BCUT2D eigenvalue weighted by atomic mass is 16.5. The van der Waals surface area contributed by atoms with Gasteiger partial charge in [-0.15, -0.1) is 0 Å². The summed E-state index contributed by atoms with van der Waals surface area (Å²) < 4.78 is 4.92. The lowest BCUT2D eigenvalue weighted by Crippen LogP contribution is -2.12. The molecule has 1 unspecified atom stereocenters. The average Bonchev–Trinajstić information content (AvgIpc) is 2.02. The maximum atomic E-state index is 10.9. The summed E-state index contributed by atoms with van der Waals surface area (Å²) in [7, 11) is 0. The Morgan fingerprint density at radius 3 is 2.46 bits per heavy atom. The summed E-state index contributed by atoms with van der Waals surface area (Å²) in [5.41, 5.74) is 0. The van der Waals surface area contributed by atoms with Gasteiger partial charge in [0, 0.05) is 19.8 Å². The van der Waals surface area contributed by atoms with Gasteiger partial charge in [-0.25, -0.2) is 0 Å². The minimum atomic E-state index is -0.255. The molecular formula is C10H18O3. The molecule has 0 bridgehead atoms. The van der Waals surface area contributed by atoms with Gasteiger partial charge in [-0.1, -0.05) is 6.92 Å². The minimum absolute atomic E-state index is 0.0674.